The van der Waals surface area contributed by atoms with Gasteiger partial charge in [0.25, 0.3) is 10.0 Å². The van der Waals surface area contributed by atoms with Crippen molar-refractivity contribution in [3.05, 3.63) is 102 Å². The van der Waals surface area contributed by atoms with Gasteiger partial charge in [-0.3, -0.25) is 9.10 Å². The molecule has 0 saturated heterocycles. The Bertz CT molecular complexity index is 1230. The third kappa shape index (κ3) is 4.32. The first-order valence-electron chi connectivity index (χ1n) is 10.5. The summed E-state index contributed by atoms with van der Waals surface area (Å²) in [4.78, 5) is 13.1. The highest BCUT2D eigenvalue weighted by atomic mass is 32.2. The van der Waals surface area contributed by atoms with Gasteiger partial charge in [0.15, 0.2) is 5.78 Å². The summed E-state index contributed by atoms with van der Waals surface area (Å²) in [6, 6.07) is 21.0. The van der Waals surface area contributed by atoms with Crippen molar-refractivity contribution in [3.8, 4) is 5.75 Å². The number of benzene rings is 3. The predicted octanol–water partition coefficient (Wildman–Crippen LogP) is 5.30. The van der Waals surface area contributed by atoms with E-state index >= 15 is 0 Å². The van der Waals surface area contributed by atoms with Crippen molar-refractivity contribution in [3.63, 3.8) is 0 Å². The lowest BCUT2D eigenvalue weighted by atomic mass is 9.95. The molecule has 1 atom stereocenters. The van der Waals surface area contributed by atoms with Crippen molar-refractivity contribution in [1.82, 2.24) is 0 Å². The van der Waals surface area contributed by atoms with Gasteiger partial charge < -0.3 is 4.74 Å². The van der Waals surface area contributed by atoms with Gasteiger partial charge in [0.1, 0.15) is 12.4 Å². The standard InChI is InChI=1S/C26H25NO4S/c1-3-7-21-16-26(28)24-17-22(31-18-20-8-5-4-6-9-20)12-15-25(24)27(21)32(29,30)23-13-10-19(2)11-14-23/h3-6,8-15,17,21H,1,7,16,18H2,2H3/t21-/m0/s1. The van der Waals surface area contributed by atoms with Crippen LogP contribution in [-0.4, -0.2) is 20.2 Å². The third-order valence-corrected chi connectivity index (χ3v) is 7.40. The summed E-state index contributed by atoms with van der Waals surface area (Å²) >= 11 is 0. The van der Waals surface area contributed by atoms with Crippen LogP contribution in [0.2, 0.25) is 0 Å². The van der Waals surface area contributed by atoms with Gasteiger partial charge in [0, 0.05) is 12.0 Å². The number of aryl methyl sites for hydroxylation is 1. The summed E-state index contributed by atoms with van der Waals surface area (Å²) in [7, 11) is -3.86. The maximum atomic E-state index is 13.6. The molecule has 0 N–H and O–H groups in total. The molecule has 164 valence electrons. The Kier molecular flexibility index (Phi) is 6.15. The summed E-state index contributed by atoms with van der Waals surface area (Å²) in [6.07, 6.45) is 2.12. The molecule has 3 aromatic rings. The molecule has 0 fully saturated rings. The van der Waals surface area contributed by atoms with E-state index in [2.05, 4.69) is 6.58 Å². The van der Waals surface area contributed by atoms with Crippen LogP contribution in [0, 0.1) is 6.92 Å². The molecule has 0 unspecified atom stereocenters. The Balaban J connectivity index is 1.72. The quantitative estimate of drug-likeness (QED) is 0.461. The van der Waals surface area contributed by atoms with E-state index in [1.807, 2.05) is 37.3 Å². The zero-order valence-corrected chi connectivity index (χ0v) is 18.7. The summed E-state index contributed by atoms with van der Waals surface area (Å²) in [6.45, 7) is 6.02. The molecule has 6 heteroatoms. The Labute approximate surface area is 189 Å². The molecule has 32 heavy (non-hydrogen) atoms. The third-order valence-electron chi connectivity index (χ3n) is 5.52. The molecular formula is C26H25NO4S. The maximum Gasteiger partial charge on any atom is 0.264 e. The van der Waals surface area contributed by atoms with Crippen LogP contribution < -0.4 is 9.04 Å². The molecule has 1 heterocycles. The smallest absolute Gasteiger partial charge is 0.264 e. The van der Waals surface area contributed by atoms with Gasteiger partial charge in [0.05, 0.1) is 16.6 Å². The van der Waals surface area contributed by atoms with Crippen LogP contribution in [0.15, 0.2) is 90.3 Å². The summed E-state index contributed by atoms with van der Waals surface area (Å²) in [5.74, 6) is 0.420. The molecule has 0 radical (unpaired) electrons. The highest BCUT2D eigenvalue weighted by Crippen LogP contribution is 2.38. The van der Waals surface area contributed by atoms with E-state index in [0.29, 0.717) is 30.0 Å². The number of rotatable bonds is 7. The molecule has 0 saturated carbocycles. The van der Waals surface area contributed by atoms with Crippen LogP contribution in [0.4, 0.5) is 5.69 Å². The Morgan fingerprint density at radius 2 is 1.78 bits per heavy atom. The first-order valence-corrected chi connectivity index (χ1v) is 11.9. The minimum atomic E-state index is -3.86. The number of anilines is 1. The largest absolute Gasteiger partial charge is 0.489 e. The molecule has 0 spiro atoms. The molecule has 1 aliphatic heterocycles. The fraction of sp³-hybridized carbons (Fsp3) is 0.192. The Hall–Kier alpha value is -3.38. The second kappa shape index (κ2) is 9.01. The number of hydrogen-bond donors (Lipinski definition) is 0. The molecule has 0 aromatic heterocycles. The average molecular weight is 448 g/mol. The molecule has 0 bridgehead atoms. The van der Waals surface area contributed by atoms with Crippen LogP contribution in [0.3, 0.4) is 0 Å². The summed E-state index contributed by atoms with van der Waals surface area (Å²) in [5, 5.41) is 0. The van der Waals surface area contributed by atoms with Gasteiger partial charge in [-0.05, 0) is 49.2 Å². The van der Waals surface area contributed by atoms with Crippen LogP contribution in [0.25, 0.3) is 0 Å². The highest BCUT2D eigenvalue weighted by molar-refractivity contribution is 7.92. The fourth-order valence-corrected chi connectivity index (χ4v) is 5.56. The van der Waals surface area contributed by atoms with Crippen LogP contribution in [0.5, 0.6) is 5.75 Å². The van der Waals surface area contributed by atoms with Gasteiger partial charge in [-0.15, -0.1) is 6.58 Å². The number of ketones is 1. The molecule has 1 aliphatic rings. The van der Waals surface area contributed by atoms with E-state index in [4.69, 9.17) is 4.74 Å². The first-order chi connectivity index (χ1) is 15.4. The lowest BCUT2D eigenvalue weighted by Gasteiger charge is -2.37. The Morgan fingerprint density at radius 1 is 1.06 bits per heavy atom. The maximum absolute atomic E-state index is 13.6. The predicted molar refractivity (Wildman–Crippen MR) is 126 cm³/mol. The molecule has 0 aliphatic carbocycles. The van der Waals surface area contributed by atoms with E-state index < -0.39 is 16.1 Å². The normalized spacial score (nSPS) is 15.8. The van der Waals surface area contributed by atoms with E-state index in [0.717, 1.165) is 11.1 Å². The van der Waals surface area contributed by atoms with Crippen molar-refractivity contribution in [1.29, 1.82) is 0 Å². The minimum Gasteiger partial charge on any atom is -0.489 e. The Morgan fingerprint density at radius 3 is 2.47 bits per heavy atom. The minimum absolute atomic E-state index is 0.0895. The van der Waals surface area contributed by atoms with Gasteiger partial charge in [-0.1, -0.05) is 54.1 Å². The lowest BCUT2D eigenvalue weighted by molar-refractivity contribution is 0.0969. The van der Waals surface area contributed by atoms with E-state index in [1.165, 1.54) is 4.31 Å². The number of ether oxygens (including phenoxy) is 1. The number of hydrogen-bond acceptors (Lipinski definition) is 4. The number of nitrogens with zero attached hydrogens (tertiary/aromatic N) is 1. The molecule has 3 aromatic carbocycles. The topological polar surface area (TPSA) is 63.7 Å². The number of fused-ring (bicyclic) bond motifs is 1. The first kappa shape index (κ1) is 21.8. The zero-order valence-electron chi connectivity index (χ0n) is 17.9. The van der Waals surface area contributed by atoms with E-state index in [-0.39, 0.29) is 17.1 Å². The average Bonchev–Trinajstić information content (AvgIpc) is 2.79. The van der Waals surface area contributed by atoms with Crippen molar-refractivity contribution in [2.75, 3.05) is 4.31 Å². The zero-order chi connectivity index (χ0) is 22.7. The molecule has 4 rings (SSSR count). The SMILES string of the molecule is C=CC[C@H]1CC(=O)c2cc(OCc3ccccc3)ccc2N1S(=O)(=O)c1ccc(C)cc1. The highest BCUT2D eigenvalue weighted by Gasteiger charge is 2.39. The molecule has 0 amide bonds. The summed E-state index contributed by atoms with van der Waals surface area (Å²) in [5.41, 5.74) is 2.71. The molecular weight excluding hydrogens is 422 g/mol. The number of Topliss-reactive ketones (excluding diaryl/α,β-unsaturated/α-hetero) is 1. The van der Waals surface area contributed by atoms with Crippen molar-refractivity contribution in [2.24, 2.45) is 0 Å². The molecule has 5 nitrogen and oxygen atoms in total. The van der Waals surface area contributed by atoms with E-state index in [9.17, 15) is 13.2 Å². The van der Waals surface area contributed by atoms with Gasteiger partial charge in [-0.25, -0.2) is 8.42 Å². The van der Waals surface area contributed by atoms with Gasteiger partial charge in [0.2, 0.25) is 0 Å². The monoisotopic (exact) mass is 447 g/mol. The van der Waals surface area contributed by atoms with E-state index in [1.54, 1.807) is 48.5 Å². The van der Waals surface area contributed by atoms with Gasteiger partial charge in [-0.2, -0.15) is 0 Å². The second-order valence-electron chi connectivity index (χ2n) is 7.87. The van der Waals surface area contributed by atoms with Crippen molar-refractivity contribution >= 4 is 21.5 Å². The van der Waals surface area contributed by atoms with Crippen molar-refractivity contribution in [2.45, 2.75) is 37.3 Å². The second-order valence-corrected chi connectivity index (χ2v) is 9.69. The number of sulfonamides is 1. The summed E-state index contributed by atoms with van der Waals surface area (Å²) < 4.78 is 34.4. The lowest BCUT2D eigenvalue weighted by Crippen LogP contribution is -2.45. The van der Waals surface area contributed by atoms with Gasteiger partial charge >= 0.3 is 0 Å². The number of carbonyl (C=O) groups is 1. The van der Waals surface area contributed by atoms with Crippen LogP contribution in [0.1, 0.15) is 34.3 Å². The number of carbonyl (C=O) groups excluding carboxylic acids is 1. The van der Waals surface area contributed by atoms with Crippen LogP contribution in [-0.2, 0) is 16.6 Å². The van der Waals surface area contributed by atoms with Crippen LogP contribution >= 0.6 is 0 Å². The fourth-order valence-electron chi connectivity index (χ4n) is 3.89. The van der Waals surface area contributed by atoms with Crippen molar-refractivity contribution < 1.29 is 17.9 Å².